The second kappa shape index (κ2) is 7.90. The normalized spacial score (nSPS) is 11.0. The summed E-state index contributed by atoms with van der Waals surface area (Å²) in [5.74, 6) is 0.929. The fraction of sp³-hybridized carbons (Fsp3) is 0.185. The van der Waals surface area contributed by atoms with Crippen LogP contribution in [0.1, 0.15) is 29.2 Å². The quantitative estimate of drug-likeness (QED) is 0.365. The topological polar surface area (TPSA) is 9.23 Å². The zero-order chi connectivity index (χ0) is 19.5. The van der Waals surface area contributed by atoms with Gasteiger partial charge in [0.15, 0.2) is 0 Å². The molecular formula is C27H26O. The summed E-state index contributed by atoms with van der Waals surface area (Å²) in [4.78, 5) is 0. The lowest BCUT2D eigenvalue weighted by Gasteiger charge is -2.15. The Morgan fingerprint density at radius 2 is 1.43 bits per heavy atom. The van der Waals surface area contributed by atoms with E-state index < -0.39 is 0 Å². The number of hydrogen-bond acceptors (Lipinski definition) is 1. The molecule has 0 spiro atoms. The summed E-state index contributed by atoms with van der Waals surface area (Å²) in [5, 5.41) is 2.63. The van der Waals surface area contributed by atoms with E-state index in [4.69, 9.17) is 4.74 Å². The first kappa shape index (κ1) is 18.3. The molecule has 0 N–H and O–H groups in total. The molecular weight excluding hydrogens is 340 g/mol. The lowest BCUT2D eigenvalue weighted by atomic mass is 9.89. The monoisotopic (exact) mass is 366 g/mol. The highest BCUT2D eigenvalue weighted by molar-refractivity contribution is 5.92. The summed E-state index contributed by atoms with van der Waals surface area (Å²) in [7, 11) is 0. The molecule has 0 amide bonds. The highest BCUT2D eigenvalue weighted by Gasteiger charge is 2.11. The van der Waals surface area contributed by atoms with Crippen LogP contribution >= 0.6 is 0 Å². The average molecular weight is 367 g/mol. The van der Waals surface area contributed by atoms with Crippen LogP contribution in [0.4, 0.5) is 0 Å². The Bertz CT molecular complexity index is 1090. The molecule has 0 aliphatic heterocycles. The van der Waals surface area contributed by atoms with Crippen LogP contribution in [0.3, 0.4) is 0 Å². The second-order valence-electron chi connectivity index (χ2n) is 7.44. The van der Waals surface area contributed by atoms with Gasteiger partial charge in [0.1, 0.15) is 5.75 Å². The van der Waals surface area contributed by atoms with Crippen molar-refractivity contribution in [1.29, 1.82) is 0 Å². The SMILES string of the molecule is CCOc1ccc(Cc2c(-c3ccc(C)cc3)ccc3cc(C)ccc23)cc1. The molecule has 0 aromatic heterocycles. The lowest BCUT2D eigenvalue weighted by Crippen LogP contribution is -1.96. The van der Waals surface area contributed by atoms with Gasteiger partial charge in [-0.1, -0.05) is 77.9 Å². The van der Waals surface area contributed by atoms with Crippen LogP contribution in [0, 0.1) is 13.8 Å². The Morgan fingerprint density at radius 1 is 0.714 bits per heavy atom. The molecule has 1 nitrogen and oxygen atoms in total. The van der Waals surface area contributed by atoms with Gasteiger partial charge < -0.3 is 4.74 Å². The van der Waals surface area contributed by atoms with Crippen molar-refractivity contribution in [3.63, 3.8) is 0 Å². The Labute approximate surface area is 167 Å². The molecule has 0 bridgehead atoms. The molecule has 0 radical (unpaired) electrons. The summed E-state index contributed by atoms with van der Waals surface area (Å²) in [6.07, 6.45) is 0.899. The van der Waals surface area contributed by atoms with Crippen LogP contribution in [0.25, 0.3) is 21.9 Å². The highest BCUT2D eigenvalue weighted by atomic mass is 16.5. The number of rotatable bonds is 5. The van der Waals surface area contributed by atoms with Crippen molar-refractivity contribution in [2.45, 2.75) is 27.2 Å². The van der Waals surface area contributed by atoms with Gasteiger partial charge in [-0.05, 0) is 72.4 Å². The van der Waals surface area contributed by atoms with E-state index in [9.17, 15) is 0 Å². The first-order chi connectivity index (χ1) is 13.6. The molecule has 4 rings (SSSR count). The van der Waals surface area contributed by atoms with E-state index in [2.05, 4.69) is 92.7 Å². The zero-order valence-electron chi connectivity index (χ0n) is 16.8. The van der Waals surface area contributed by atoms with Gasteiger partial charge in [-0.25, -0.2) is 0 Å². The molecule has 4 aromatic rings. The molecule has 0 heterocycles. The Balaban J connectivity index is 1.83. The highest BCUT2D eigenvalue weighted by Crippen LogP contribution is 2.33. The zero-order valence-corrected chi connectivity index (χ0v) is 16.8. The molecule has 0 aliphatic rings. The fourth-order valence-electron chi connectivity index (χ4n) is 3.78. The molecule has 0 atom stereocenters. The average Bonchev–Trinajstić information content (AvgIpc) is 2.70. The van der Waals surface area contributed by atoms with Crippen molar-refractivity contribution in [2.24, 2.45) is 0 Å². The fourth-order valence-corrected chi connectivity index (χ4v) is 3.78. The van der Waals surface area contributed by atoms with Crippen molar-refractivity contribution in [3.8, 4) is 16.9 Å². The van der Waals surface area contributed by atoms with Crippen molar-refractivity contribution < 1.29 is 4.74 Å². The molecule has 140 valence electrons. The van der Waals surface area contributed by atoms with E-state index in [1.807, 2.05) is 6.92 Å². The van der Waals surface area contributed by atoms with Crippen LogP contribution in [0.2, 0.25) is 0 Å². The number of aryl methyl sites for hydroxylation is 2. The summed E-state index contributed by atoms with van der Waals surface area (Å²) in [6.45, 7) is 6.99. The van der Waals surface area contributed by atoms with E-state index in [-0.39, 0.29) is 0 Å². The van der Waals surface area contributed by atoms with Crippen molar-refractivity contribution in [3.05, 3.63) is 101 Å². The predicted molar refractivity (Wildman–Crippen MR) is 119 cm³/mol. The third kappa shape index (κ3) is 3.80. The van der Waals surface area contributed by atoms with Gasteiger partial charge in [0, 0.05) is 0 Å². The van der Waals surface area contributed by atoms with Crippen LogP contribution in [-0.4, -0.2) is 6.61 Å². The van der Waals surface area contributed by atoms with Crippen LogP contribution in [0.5, 0.6) is 5.75 Å². The van der Waals surface area contributed by atoms with Crippen molar-refractivity contribution in [1.82, 2.24) is 0 Å². The van der Waals surface area contributed by atoms with E-state index in [0.29, 0.717) is 6.61 Å². The Hall–Kier alpha value is -3.06. The van der Waals surface area contributed by atoms with Gasteiger partial charge in [0.25, 0.3) is 0 Å². The molecule has 0 saturated carbocycles. The maximum absolute atomic E-state index is 5.60. The first-order valence-corrected chi connectivity index (χ1v) is 9.95. The minimum Gasteiger partial charge on any atom is -0.494 e. The summed E-state index contributed by atoms with van der Waals surface area (Å²) in [5.41, 5.74) is 7.84. The van der Waals surface area contributed by atoms with Gasteiger partial charge in [-0.2, -0.15) is 0 Å². The number of ether oxygens (including phenoxy) is 1. The number of fused-ring (bicyclic) bond motifs is 1. The Kier molecular flexibility index (Phi) is 5.16. The maximum atomic E-state index is 5.60. The van der Waals surface area contributed by atoms with Crippen LogP contribution < -0.4 is 4.74 Å². The summed E-state index contributed by atoms with van der Waals surface area (Å²) >= 11 is 0. The third-order valence-corrected chi connectivity index (χ3v) is 5.26. The van der Waals surface area contributed by atoms with Gasteiger partial charge >= 0.3 is 0 Å². The smallest absolute Gasteiger partial charge is 0.119 e. The summed E-state index contributed by atoms with van der Waals surface area (Å²) in [6, 6.07) is 28.6. The lowest BCUT2D eigenvalue weighted by molar-refractivity contribution is 0.340. The molecule has 0 saturated heterocycles. The summed E-state index contributed by atoms with van der Waals surface area (Å²) < 4.78 is 5.60. The largest absolute Gasteiger partial charge is 0.494 e. The molecule has 0 aliphatic carbocycles. The molecule has 0 unspecified atom stereocenters. The minimum absolute atomic E-state index is 0.694. The van der Waals surface area contributed by atoms with Crippen molar-refractivity contribution in [2.75, 3.05) is 6.61 Å². The van der Waals surface area contributed by atoms with Crippen molar-refractivity contribution >= 4 is 10.8 Å². The van der Waals surface area contributed by atoms with Crippen LogP contribution in [-0.2, 0) is 6.42 Å². The van der Waals surface area contributed by atoms with E-state index in [1.54, 1.807) is 0 Å². The van der Waals surface area contributed by atoms with Gasteiger partial charge in [0.05, 0.1) is 6.61 Å². The first-order valence-electron chi connectivity index (χ1n) is 9.95. The van der Waals surface area contributed by atoms with Gasteiger partial charge in [-0.15, -0.1) is 0 Å². The predicted octanol–water partition coefficient (Wildman–Crippen LogP) is 7.11. The third-order valence-electron chi connectivity index (χ3n) is 5.26. The van der Waals surface area contributed by atoms with Crippen LogP contribution in [0.15, 0.2) is 78.9 Å². The molecule has 0 fully saturated rings. The van der Waals surface area contributed by atoms with E-state index in [1.165, 1.54) is 44.2 Å². The second-order valence-corrected chi connectivity index (χ2v) is 7.44. The van der Waals surface area contributed by atoms with E-state index in [0.717, 1.165) is 12.2 Å². The molecule has 28 heavy (non-hydrogen) atoms. The Morgan fingerprint density at radius 3 is 2.14 bits per heavy atom. The van der Waals surface area contributed by atoms with Gasteiger partial charge in [0.2, 0.25) is 0 Å². The standard InChI is InChI=1S/C27H26O/c1-4-28-24-13-8-21(9-14-24)18-27-25(22-10-5-19(2)6-11-22)16-12-23-17-20(3)7-15-26(23)27/h5-17H,4,18H2,1-3H3. The van der Waals surface area contributed by atoms with E-state index >= 15 is 0 Å². The number of hydrogen-bond donors (Lipinski definition) is 0. The minimum atomic E-state index is 0.694. The maximum Gasteiger partial charge on any atom is 0.119 e. The van der Waals surface area contributed by atoms with Gasteiger partial charge in [-0.3, -0.25) is 0 Å². The number of benzene rings is 4. The molecule has 4 aromatic carbocycles. The molecule has 1 heteroatoms.